The highest BCUT2D eigenvalue weighted by Crippen LogP contribution is 2.22. The van der Waals surface area contributed by atoms with Gasteiger partial charge in [-0.05, 0) is 49.4 Å². The molecule has 24 heavy (non-hydrogen) atoms. The van der Waals surface area contributed by atoms with Gasteiger partial charge in [0.1, 0.15) is 17.2 Å². The number of aromatic nitrogens is 2. The van der Waals surface area contributed by atoms with Gasteiger partial charge in [0.15, 0.2) is 0 Å². The third kappa shape index (κ3) is 3.48. The molecule has 0 fully saturated rings. The molecule has 0 saturated carbocycles. The number of benzene rings is 1. The molecule has 1 N–H and O–H groups in total. The zero-order valence-electron chi connectivity index (χ0n) is 13.7. The van der Waals surface area contributed by atoms with Gasteiger partial charge in [0.25, 0.3) is 5.91 Å². The smallest absolute Gasteiger partial charge is 0.272 e. The number of carbonyl (C=O) groups is 1. The lowest BCUT2D eigenvalue weighted by atomic mass is 10.1. The van der Waals surface area contributed by atoms with Crippen LogP contribution < -0.4 is 4.74 Å². The lowest BCUT2D eigenvalue weighted by Crippen LogP contribution is -2.26. The third-order valence-corrected chi connectivity index (χ3v) is 3.59. The van der Waals surface area contributed by atoms with Crippen molar-refractivity contribution < 1.29 is 13.9 Å². The number of H-pyrrole nitrogens is 1. The molecule has 3 aromatic rings. The number of amides is 1. The molecule has 0 aliphatic heterocycles. The molecule has 0 aliphatic rings. The maximum Gasteiger partial charge on any atom is 0.272 e. The zero-order chi connectivity index (χ0) is 16.9. The molecule has 0 spiro atoms. The quantitative estimate of drug-likeness (QED) is 0.754. The first-order chi connectivity index (χ1) is 11.7. The molecule has 1 amide bonds. The van der Waals surface area contributed by atoms with E-state index >= 15 is 0 Å². The average Bonchev–Trinajstić information content (AvgIpc) is 3.27. The molecule has 3 rings (SSSR count). The van der Waals surface area contributed by atoms with Crippen molar-refractivity contribution in [3.63, 3.8) is 0 Å². The second-order valence-corrected chi connectivity index (χ2v) is 5.36. The number of rotatable bonds is 6. The van der Waals surface area contributed by atoms with Crippen LogP contribution in [0.25, 0.3) is 11.3 Å². The molecule has 6 nitrogen and oxygen atoms in total. The van der Waals surface area contributed by atoms with Crippen LogP contribution in [0.5, 0.6) is 5.75 Å². The van der Waals surface area contributed by atoms with Gasteiger partial charge in [0, 0.05) is 12.6 Å². The van der Waals surface area contributed by atoms with E-state index in [9.17, 15) is 4.79 Å². The normalized spacial score (nSPS) is 10.6. The van der Waals surface area contributed by atoms with E-state index in [1.807, 2.05) is 37.3 Å². The van der Waals surface area contributed by atoms with E-state index in [1.54, 1.807) is 30.3 Å². The summed E-state index contributed by atoms with van der Waals surface area (Å²) in [6.45, 7) is 2.98. The van der Waals surface area contributed by atoms with Crippen LogP contribution in [0.2, 0.25) is 0 Å². The molecule has 1 aromatic carbocycles. The second kappa shape index (κ2) is 7.04. The summed E-state index contributed by atoms with van der Waals surface area (Å²) in [4.78, 5) is 14.0. The van der Waals surface area contributed by atoms with Crippen LogP contribution in [0.15, 0.2) is 53.1 Å². The lowest BCUT2D eigenvalue weighted by molar-refractivity contribution is 0.0769. The summed E-state index contributed by atoms with van der Waals surface area (Å²) in [5, 5.41) is 7.03. The molecular formula is C18H19N3O3. The predicted molar refractivity (Wildman–Crippen MR) is 89.7 cm³/mol. The van der Waals surface area contributed by atoms with Crippen molar-refractivity contribution in [2.75, 3.05) is 13.7 Å². The van der Waals surface area contributed by atoms with Gasteiger partial charge in [-0.25, -0.2) is 0 Å². The van der Waals surface area contributed by atoms with Crippen molar-refractivity contribution in [3.8, 4) is 17.0 Å². The molecule has 0 unspecified atom stereocenters. The molecule has 2 aromatic heterocycles. The molecular weight excluding hydrogens is 306 g/mol. The number of carbonyl (C=O) groups excluding carboxylic acids is 1. The number of nitrogens with one attached hydrogen (secondary N) is 1. The van der Waals surface area contributed by atoms with Gasteiger partial charge in [-0.1, -0.05) is 0 Å². The Morgan fingerprint density at radius 3 is 2.75 bits per heavy atom. The van der Waals surface area contributed by atoms with Gasteiger partial charge in [-0.2, -0.15) is 5.10 Å². The first-order valence-electron chi connectivity index (χ1n) is 7.74. The Kier molecular flexibility index (Phi) is 4.65. The minimum absolute atomic E-state index is 0.143. The summed E-state index contributed by atoms with van der Waals surface area (Å²) in [6, 6.07) is 13.0. The minimum Gasteiger partial charge on any atom is -0.494 e. The van der Waals surface area contributed by atoms with Crippen LogP contribution in [0.1, 0.15) is 23.2 Å². The van der Waals surface area contributed by atoms with Gasteiger partial charge in [0.05, 0.1) is 25.1 Å². The Morgan fingerprint density at radius 2 is 2.08 bits per heavy atom. The van der Waals surface area contributed by atoms with E-state index in [0.717, 1.165) is 17.1 Å². The van der Waals surface area contributed by atoms with E-state index < -0.39 is 0 Å². The van der Waals surface area contributed by atoms with Gasteiger partial charge in [-0.3, -0.25) is 9.89 Å². The second-order valence-electron chi connectivity index (χ2n) is 5.36. The zero-order valence-corrected chi connectivity index (χ0v) is 13.7. The number of furan rings is 1. The maximum absolute atomic E-state index is 12.4. The fourth-order valence-electron chi connectivity index (χ4n) is 2.38. The van der Waals surface area contributed by atoms with Crippen LogP contribution >= 0.6 is 0 Å². The molecule has 0 atom stereocenters. The fraction of sp³-hybridized carbons (Fsp3) is 0.222. The third-order valence-electron chi connectivity index (χ3n) is 3.59. The van der Waals surface area contributed by atoms with Gasteiger partial charge in [-0.15, -0.1) is 0 Å². The van der Waals surface area contributed by atoms with Crippen LogP contribution in [-0.2, 0) is 6.54 Å². The largest absolute Gasteiger partial charge is 0.494 e. The van der Waals surface area contributed by atoms with Crippen molar-refractivity contribution in [2.24, 2.45) is 0 Å². The maximum atomic E-state index is 12.4. The average molecular weight is 325 g/mol. The van der Waals surface area contributed by atoms with Crippen molar-refractivity contribution >= 4 is 5.91 Å². The summed E-state index contributed by atoms with van der Waals surface area (Å²) in [7, 11) is 1.72. The summed E-state index contributed by atoms with van der Waals surface area (Å²) >= 11 is 0. The number of ether oxygens (including phenoxy) is 1. The Hall–Kier alpha value is -3.02. The summed E-state index contributed by atoms with van der Waals surface area (Å²) in [6.07, 6.45) is 1.59. The first kappa shape index (κ1) is 15.9. The molecule has 0 radical (unpaired) electrons. The van der Waals surface area contributed by atoms with Crippen molar-refractivity contribution in [1.29, 1.82) is 0 Å². The monoisotopic (exact) mass is 325 g/mol. The molecule has 0 aliphatic carbocycles. The van der Waals surface area contributed by atoms with E-state index in [2.05, 4.69) is 10.2 Å². The highest BCUT2D eigenvalue weighted by Gasteiger charge is 2.16. The molecule has 2 heterocycles. The topological polar surface area (TPSA) is 71.4 Å². The van der Waals surface area contributed by atoms with E-state index in [4.69, 9.17) is 9.15 Å². The highest BCUT2D eigenvalue weighted by molar-refractivity contribution is 5.93. The number of nitrogens with zero attached hydrogens (tertiary/aromatic N) is 2. The molecule has 0 saturated heterocycles. The van der Waals surface area contributed by atoms with E-state index in [0.29, 0.717) is 24.5 Å². The highest BCUT2D eigenvalue weighted by atomic mass is 16.5. The number of aromatic amines is 1. The Morgan fingerprint density at radius 1 is 1.29 bits per heavy atom. The molecule has 0 bridgehead atoms. The van der Waals surface area contributed by atoms with Crippen molar-refractivity contribution in [3.05, 3.63) is 60.2 Å². The van der Waals surface area contributed by atoms with Crippen LogP contribution in [0.4, 0.5) is 0 Å². The first-order valence-corrected chi connectivity index (χ1v) is 7.74. The Labute approximate surface area is 140 Å². The molecule has 124 valence electrons. The van der Waals surface area contributed by atoms with Crippen LogP contribution in [0.3, 0.4) is 0 Å². The fourth-order valence-corrected chi connectivity index (χ4v) is 2.38. The summed E-state index contributed by atoms with van der Waals surface area (Å²) in [5.41, 5.74) is 2.07. The van der Waals surface area contributed by atoms with Gasteiger partial charge < -0.3 is 14.1 Å². The van der Waals surface area contributed by atoms with Crippen LogP contribution in [0, 0.1) is 0 Å². The van der Waals surface area contributed by atoms with Crippen molar-refractivity contribution in [1.82, 2.24) is 15.1 Å². The van der Waals surface area contributed by atoms with E-state index in [-0.39, 0.29) is 5.91 Å². The van der Waals surface area contributed by atoms with Crippen LogP contribution in [-0.4, -0.2) is 34.7 Å². The lowest BCUT2D eigenvalue weighted by Gasteiger charge is -2.14. The Bertz CT molecular complexity index is 791. The summed E-state index contributed by atoms with van der Waals surface area (Å²) in [5.74, 6) is 1.40. The van der Waals surface area contributed by atoms with Gasteiger partial charge >= 0.3 is 0 Å². The summed E-state index contributed by atoms with van der Waals surface area (Å²) < 4.78 is 10.7. The Balaban J connectivity index is 1.71. The minimum atomic E-state index is -0.143. The predicted octanol–water partition coefficient (Wildman–Crippen LogP) is 3.34. The number of hydrogen-bond donors (Lipinski definition) is 1. The van der Waals surface area contributed by atoms with Gasteiger partial charge in [0.2, 0.25) is 0 Å². The van der Waals surface area contributed by atoms with Crippen molar-refractivity contribution in [2.45, 2.75) is 13.5 Å². The standard InChI is InChI=1S/C18H19N3O3/c1-3-23-14-8-6-13(7-9-14)16-11-17(20-19-16)18(22)21(2)12-15-5-4-10-24-15/h4-11H,3,12H2,1-2H3,(H,19,20). The number of hydrogen-bond acceptors (Lipinski definition) is 4. The van der Waals surface area contributed by atoms with E-state index in [1.165, 1.54) is 0 Å². The SMILES string of the molecule is CCOc1ccc(-c2cc(C(=O)N(C)Cc3ccco3)[nH]n2)cc1. The molecule has 6 heteroatoms.